The number of H-pyrrole nitrogens is 1. The highest BCUT2D eigenvalue weighted by molar-refractivity contribution is 6.07. The molecule has 0 saturated heterocycles. The fourth-order valence-electron chi connectivity index (χ4n) is 3.89. The Morgan fingerprint density at radius 1 is 1.09 bits per heavy atom. The van der Waals surface area contributed by atoms with E-state index in [1.165, 1.54) is 0 Å². The molecule has 2 aromatic carbocycles. The lowest BCUT2D eigenvalue weighted by Gasteiger charge is -2.11. The molecule has 0 bridgehead atoms. The maximum atomic E-state index is 13.2. The summed E-state index contributed by atoms with van der Waals surface area (Å²) in [5, 5.41) is 3.66. The highest BCUT2D eigenvalue weighted by Crippen LogP contribution is 2.41. The van der Waals surface area contributed by atoms with E-state index < -0.39 is 0 Å². The van der Waals surface area contributed by atoms with E-state index in [-0.39, 0.29) is 5.91 Å². The van der Waals surface area contributed by atoms with Crippen molar-refractivity contribution in [2.75, 3.05) is 39.9 Å². The summed E-state index contributed by atoms with van der Waals surface area (Å²) >= 11 is 0. The van der Waals surface area contributed by atoms with Gasteiger partial charge in [0.25, 0.3) is 5.91 Å². The number of imidazole rings is 1. The Morgan fingerprint density at radius 2 is 1.88 bits per heavy atom. The standard InChI is InChI=1S/C24H28N4O5/c1-5-33-12-8-11-28-18-10-7-6-9-16(18)26-24(28)27-23(29)17-13-15-19(30-2)14-20(31-3)22(32-4)21(15)25-17/h6-7,9-10,13-14,25H,5,8,11-12H2,1-4H3,(H,26,27,29). The molecule has 33 heavy (non-hydrogen) atoms. The Kier molecular flexibility index (Phi) is 6.69. The lowest BCUT2D eigenvalue weighted by Crippen LogP contribution is -2.17. The Balaban J connectivity index is 1.68. The molecule has 9 heteroatoms. The minimum absolute atomic E-state index is 0.323. The van der Waals surface area contributed by atoms with Crippen molar-refractivity contribution in [1.82, 2.24) is 14.5 Å². The van der Waals surface area contributed by atoms with Gasteiger partial charge in [-0.05, 0) is 31.5 Å². The Labute approximate surface area is 191 Å². The molecule has 0 aliphatic heterocycles. The summed E-state index contributed by atoms with van der Waals surface area (Å²) in [5.74, 6) is 1.73. The summed E-state index contributed by atoms with van der Waals surface area (Å²) in [5.41, 5.74) is 2.73. The number of fused-ring (bicyclic) bond motifs is 2. The van der Waals surface area contributed by atoms with Crippen LogP contribution in [-0.4, -0.2) is 55.0 Å². The minimum atomic E-state index is -0.323. The van der Waals surface area contributed by atoms with E-state index in [0.717, 1.165) is 17.5 Å². The average Bonchev–Trinajstić information content (AvgIpc) is 3.42. The number of aryl methyl sites for hydroxylation is 1. The van der Waals surface area contributed by atoms with Gasteiger partial charge >= 0.3 is 0 Å². The van der Waals surface area contributed by atoms with Crippen LogP contribution in [0.4, 0.5) is 5.95 Å². The van der Waals surface area contributed by atoms with Crippen molar-refractivity contribution < 1.29 is 23.7 Å². The normalized spacial score (nSPS) is 11.2. The number of ether oxygens (including phenoxy) is 4. The van der Waals surface area contributed by atoms with Crippen molar-refractivity contribution in [3.05, 3.63) is 42.1 Å². The van der Waals surface area contributed by atoms with E-state index in [9.17, 15) is 4.79 Å². The second-order valence-electron chi connectivity index (χ2n) is 7.37. The first-order valence-corrected chi connectivity index (χ1v) is 10.8. The molecule has 2 aromatic heterocycles. The third kappa shape index (κ3) is 4.31. The fourth-order valence-corrected chi connectivity index (χ4v) is 3.89. The van der Waals surface area contributed by atoms with Crippen LogP contribution in [0.15, 0.2) is 36.4 Å². The predicted molar refractivity (Wildman–Crippen MR) is 127 cm³/mol. The highest BCUT2D eigenvalue weighted by atomic mass is 16.5. The van der Waals surface area contributed by atoms with E-state index >= 15 is 0 Å². The third-order valence-corrected chi connectivity index (χ3v) is 5.44. The highest BCUT2D eigenvalue weighted by Gasteiger charge is 2.21. The molecule has 174 valence electrons. The molecular weight excluding hydrogens is 424 g/mol. The van der Waals surface area contributed by atoms with E-state index in [1.807, 2.05) is 35.8 Å². The number of aromatic nitrogens is 3. The van der Waals surface area contributed by atoms with Crippen LogP contribution in [0.3, 0.4) is 0 Å². The lowest BCUT2D eigenvalue weighted by molar-refractivity contribution is 0.102. The number of carbonyl (C=O) groups excluding carboxylic acids is 1. The topological polar surface area (TPSA) is 99.6 Å². The largest absolute Gasteiger partial charge is 0.496 e. The quantitative estimate of drug-likeness (QED) is 0.350. The van der Waals surface area contributed by atoms with Gasteiger partial charge < -0.3 is 28.5 Å². The number of hydrogen-bond donors (Lipinski definition) is 2. The van der Waals surface area contributed by atoms with Crippen LogP contribution < -0.4 is 19.5 Å². The Hall–Kier alpha value is -3.72. The minimum Gasteiger partial charge on any atom is -0.496 e. The smallest absolute Gasteiger partial charge is 0.274 e. The maximum absolute atomic E-state index is 13.2. The fraction of sp³-hybridized carbons (Fsp3) is 0.333. The maximum Gasteiger partial charge on any atom is 0.274 e. The van der Waals surface area contributed by atoms with E-state index in [1.54, 1.807) is 33.5 Å². The number of nitrogens with one attached hydrogen (secondary N) is 2. The average molecular weight is 453 g/mol. The molecule has 1 amide bonds. The molecule has 0 atom stereocenters. The molecule has 0 aliphatic rings. The molecule has 0 unspecified atom stereocenters. The number of aromatic amines is 1. The van der Waals surface area contributed by atoms with Crippen molar-refractivity contribution in [2.45, 2.75) is 19.9 Å². The van der Waals surface area contributed by atoms with Crippen LogP contribution in [-0.2, 0) is 11.3 Å². The zero-order chi connectivity index (χ0) is 23.4. The van der Waals surface area contributed by atoms with E-state index in [0.29, 0.717) is 59.6 Å². The molecule has 4 aromatic rings. The predicted octanol–water partition coefficient (Wildman–Crippen LogP) is 4.22. The van der Waals surface area contributed by atoms with E-state index in [2.05, 4.69) is 15.3 Å². The first kappa shape index (κ1) is 22.5. The Morgan fingerprint density at radius 3 is 2.61 bits per heavy atom. The SMILES string of the molecule is CCOCCCn1c(NC(=O)c2cc3c(OC)cc(OC)c(OC)c3[nH]2)nc2ccccc21. The number of amides is 1. The summed E-state index contributed by atoms with van der Waals surface area (Å²) in [6, 6.07) is 11.3. The van der Waals surface area contributed by atoms with Gasteiger partial charge in [-0.1, -0.05) is 12.1 Å². The molecule has 0 spiro atoms. The summed E-state index contributed by atoms with van der Waals surface area (Å²) in [6.45, 7) is 3.95. The number of benzene rings is 2. The van der Waals surface area contributed by atoms with Crippen molar-refractivity contribution in [3.63, 3.8) is 0 Å². The van der Waals surface area contributed by atoms with Gasteiger partial charge in [-0.25, -0.2) is 4.98 Å². The molecule has 0 saturated carbocycles. The first-order valence-electron chi connectivity index (χ1n) is 10.8. The van der Waals surface area contributed by atoms with Crippen molar-refractivity contribution >= 4 is 33.8 Å². The second kappa shape index (κ2) is 9.83. The zero-order valence-electron chi connectivity index (χ0n) is 19.2. The number of rotatable bonds is 10. The summed E-state index contributed by atoms with van der Waals surface area (Å²) < 4.78 is 23.9. The molecular formula is C24H28N4O5. The van der Waals surface area contributed by atoms with Gasteiger partial charge in [-0.15, -0.1) is 0 Å². The van der Waals surface area contributed by atoms with Crippen LogP contribution in [0, 0.1) is 0 Å². The summed E-state index contributed by atoms with van der Waals surface area (Å²) in [7, 11) is 4.67. The van der Waals surface area contributed by atoms with Crippen LogP contribution in [0.2, 0.25) is 0 Å². The van der Waals surface area contributed by atoms with Gasteiger partial charge in [0.1, 0.15) is 11.4 Å². The summed E-state index contributed by atoms with van der Waals surface area (Å²) in [4.78, 5) is 21.0. The lowest BCUT2D eigenvalue weighted by atomic mass is 10.2. The second-order valence-corrected chi connectivity index (χ2v) is 7.37. The van der Waals surface area contributed by atoms with Gasteiger partial charge in [0.15, 0.2) is 11.5 Å². The number of anilines is 1. The molecule has 0 fully saturated rings. The van der Waals surface area contributed by atoms with Crippen LogP contribution in [0.5, 0.6) is 17.2 Å². The van der Waals surface area contributed by atoms with Crippen LogP contribution in [0.1, 0.15) is 23.8 Å². The molecule has 9 nitrogen and oxygen atoms in total. The van der Waals surface area contributed by atoms with Crippen molar-refractivity contribution in [3.8, 4) is 17.2 Å². The zero-order valence-corrected chi connectivity index (χ0v) is 19.2. The van der Waals surface area contributed by atoms with Gasteiger partial charge in [0.2, 0.25) is 5.95 Å². The van der Waals surface area contributed by atoms with Crippen LogP contribution in [0.25, 0.3) is 21.9 Å². The third-order valence-electron chi connectivity index (χ3n) is 5.44. The van der Waals surface area contributed by atoms with Crippen molar-refractivity contribution in [2.24, 2.45) is 0 Å². The van der Waals surface area contributed by atoms with Crippen molar-refractivity contribution in [1.29, 1.82) is 0 Å². The molecule has 2 heterocycles. The van der Waals surface area contributed by atoms with Gasteiger partial charge in [-0.2, -0.15) is 0 Å². The van der Waals surface area contributed by atoms with E-state index in [4.69, 9.17) is 18.9 Å². The van der Waals surface area contributed by atoms with Crippen LogP contribution >= 0.6 is 0 Å². The molecule has 0 radical (unpaired) electrons. The molecule has 0 aliphatic carbocycles. The Bertz CT molecular complexity index is 1280. The molecule has 4 rings (SSSR count). The number of para-hydroxylation sites is 2. The number of carbonyl (C=O) groups is 1. The van der Waals surface area contributed by atoms with Gasteiger partial charge in [0.05, 0.1) is 37.9 Å². The molecule has 2 N–H and O–H groups in total. The van der Waals surface area contributed by atoms with Gasteiger partial charge in [-0.3, -0.25) is 10.1 Å². The number of nitrogens with zero attached hydrogens (tertiary/aromatic N) is 2. The summed E-state index contributed by atoms with van der Waals surface area (Å²) in [6.07, 6.45) is 0.803. The monoisotopic (exact) mass is 452 g/mol. The number of methoxy groups -OCH3 is 3. The number of hydrogen-bond acceptors (Lipinski definition) is 6. The van der Waals surface area contributed by atoms with Gasteiger partial charge in [0, 0.05) is 31.2 Å². The first-order chi connectivity index (χ1) is 16.1.